The number of rotatable bonds is 4. The summed E-state index contributed by atoms with van der Waals surface area (Å²) >= 11 is 0. The summed E-state index contributed by atoms with van der Waals surface area (Å²) < 4.78 is 12.8. The molecule has 1 unspecified atom stereocenters. The van der Waals surface area contributed by atoms with Crippen LogP contribution in [-0.4, -0.2) is 50.6 Å². The molecule has 7 heteroatoms. The molecule has 1 heterocycles. The van der Waals surface area contributed by atoms with Crippen LogP contribution in [0.1, 0.15) is 17.4 Å². The van der Waals surface area contributed by atoms with Crippen molar-refractivity contribution < 1.29 is 14.3 Å². The molecule has 1 aromatic carbocycles. The van der Waals surface area contributed by atoms with E-state index in [0.717, 1.165) is 0 Å². The standard InChI is InChI=1S/C13H15FN4O2/c1-9(8-19)17(2)13(20)12-7-15-18(16-12)11-5-3-10(14)4-6-11/h3-7,9,19H,8H2,1-2H3. The molecule has 106 valence electrons. The molecule has 1 aromatic heterocycles. The van der Waals surface area contributed by atoms with Crippen LogP contribution in [0, 0.1) is 5.82 Å². The summed E-state index contributed by atoms with van der Waals surface area (Å²) in [4.78, 5) is 14.7. The van der Waals surface area contributed by atoms with Gasteiger partial charge in [0.1, 0.15) is 5.82 Å². The van der Waals surface area contributed by atoms with Crippen LogP contribution in [0.25, 0.3) is 5.69 Å². The zero-order chi connectivity index (χ0) is 14.7. The molecule has 0 bridgehead atoms. The van der Waals surface area contributed by atoms with Crippen LogP contribution in [0.15, 0.2) is 30.5 Å². The molecular weight excluding hydrogens is 263 g/mol. The van der Waals surface area contributed by atoms with Crippen LogP contribution in [0.4, 0.5) is 4.39 Å². The first kappa shape index (κ1) is 14.1. The Kier molecular flexibility index (Phi) is 4.09. The van der Waals surface area contributed by atoms with Gasteiger partial charge in [-0.2, -0.15) is 9.90 Å². The number of benzene rings is 1. The molecule has 0 fully saturated rings. The van der Waals surface area contributed by atoms with Crippen molar-refractivity contribution in [1.82, 2.24) is 19.9 Å². The van der Waals surface area contributed by atoms with Gasteiger partial charge in [0.25, 0.3) is 5.91 Å². The van der Waals surface area contributed by atoms with Crippen LogP contribution in [0.2, 0.25) is 0 Å². The first-order valence-electron chi connectivity index (χ1n) is 6.09. The average molecular weight is 278 g/mol. The van der Waals surface area contributed by atoms with Crippen LogP contribution < -0.4 is 0 Å². The molecule has 0 saturated carbocycles. The van der Waals surface area contributed by atoms with Gasteiger partial charge in [-0.05, 0) is 31.2 Å². The van der Waals surface area contributed by atoms with Crippen molar-refractivity contribution in [3.63, 3.8) is 0 Å². The highest BCUT2D eigenvalue weighted by Crippen LogP contribution is 2.08. The van der Waals surface area contributed by atoms with Gasteiger partial charge in [-0.15, -0.1) is 5.10 Å². The summed E-state index contributed by atoms with van der Waals surface area (Å²) in [5, 5.41) is 17.1. The van der Waals surface area contributed by atoms with E-state index in [0.29, 0.717) is 5.69 Å². The number of aromatic nitrogens is 3. The topological polar surface area (TPSA) is 71.2 Å². The van der Waals surface area contributed by atoms with E-state index in [1.807, 2.05) is 0 Å². The van der Waals surface area contributed by atoms with Gasteiger partial charge in [0.15, 0.2) is 5.69 Å². The first-order chi connectivity index (χ1) is 9.52. The Bertz CT molecular complexity index is 597. The molecule has 1 N–H and O–H groups in total. The quantitative estimate of drug-likeness (QED) is 0.900. The van der Waals surface area contributed by atoms with Gasteiger partial charge >= 0.3 is 0 Å². The highest BCUT2D eigenvalue weighted by molar-refractivity contribution is 5.91. The number of carbonyl (C=O) groups excluding carboxylic acids is 1. The minimum atomic E-state index is -0.353. The van der Waals surface area contributed by atoms with E-state index >= 15 is 0 Å². The Morgan fingerprint density at radius 2 is 2.10 bits per heavy atom. The van der Waals surface area contributed by atoms with Crippen molar-refractivity contribution >= 4 is 5.91 Å². The predicted molar refractivity (Wildman–Crippen MR) is 70.0 cm³/mol. The summed E-state index contributed by atoms with van der Waals surface area (Å²) in [7, 11) is 1.58. The van der Waals surface area contributed by atoms with Crippen LogP contribution in [0.5, 0.6) is 0 Å². The fraction of sp³-hybridized carbons (Fsp3) is 0.308. The Hall–Kier alpha value is -2.28. The number of nitrogens with zero attached hydrogens (tertiary/aromatic N) is 4. The molecule has 0 spiro atoms. The molecular formula is C13H15FN4O2. The number of hydrogen-bond acceptors (Lipinski definition) is 4. The van der Waals surface area contributed by atoms with E-state index in [-0.39, 0.29) is 30.1 Å². The van der Waals surface area contributed by atoms with E-state index in [1.165, 1.54) is 40.2 Å². The molecule has 1 atom stereocenters. The monoisotopic (exact) mass is 278 g/mol. The lowest BCUT2D eigenvalue weighted by Crippen LogP contribution is -2.37. The fourth-order valence-corrected chi connectivity index (χ4v) is 1.56. The number of amides is 1. The average Bonchev–Trinajstić information content (AvgIpc) is 2.95. The van der Waals surface area contributed by atoms with Gasteiger partial charge in [-0.1, -0.05) is 0 Å². The molecule has 0 aliphatic rings. The van der Waals surface area contributed by atoms with E-state index in [4.69, 9.17) is 5.11 Å². The van der Waals surface area contributed by atoms with E-state index in [1.54, 1.807) is 14.0 Å². The van der Waals surface area contributed by atoms with Crippen molar-refractivity contribution in [3.05, 3.63) is 42.0 Å². The third-order valence-corrected chi connectivity index (χ3v) is 3.01. The van der Waals surface area contributed by atoms with E-state index in [2.05, 4.69) is 10.2 Å². The number of halogens is 1. The molecule has 0 saturated heterocycles. The molecule has 0 aliphatic carbocycles. The number of carbonyl (C=O) groups is 1. The van der Waals surface area contributed by atoms with Gasteiger partial charge in [0.2, 0.25) is 0 Å². The molecule has 0 radical (unpaired) electrons. The maximum absolute atomic E-state index is 12.8. The van der Waals surface area contributed by atoms with Gasteiger partial charge < -0.3 is 10.0 Å². The lowest BCUT2D eigenvalue weighted by Gasteiger charge is -2.21. The highest BCUT2D eigenvalue weighted by Gasteiger charge is 2.20. The highest BCUT2D eigenvalue weighted by atomic mass is 19.1. The second-order valence-corrected chi connectivity index (χ2v) is 4.44. The Morgan fingerprint density at radius 1 is 1.45 bits per heavy atom. The third kappa shape index (κ3) is 2.83. The number of aliphatic hydroxyl groups excluding tert-OH is 1. The van der Waals surface area contributed by atoms with Crippen molar-refractivity contribution in [2.75, 3.05) is 13.7 Å². The predicted octanol–water partition coefficient (Wildman–Crippen LogP) is 0.859. The smallest absolute Gasteiger partial charge is 0.276 e. The summed E-state index contributed by atoms with van der Waals surface area (Å²) in [6.45, 7) is 1.59. The second-order valence-electron chi connectivity index (χ2n) is 4.44. The van der Waals surface area contributed by atoms with Crippen molar-refractivity contribution in [2.45, 2.75) is 13.0 Å². The zero-order valence-corrected chi connectivity index (χ0v) is 11.2. The van der Waals surface area contributed by atoms with E-state index < -0.39 is 0 Å². The van der Waals surface area contributed by atoms with Gasteiger partial charge in [-0.25, -0.2) is 4.39 Å². The summed E-state index contributed by atoms with van der Waals surface area (Å²) in [6, 6.07) is 5.31. The normalized spacial score (nSPS) is 12.2. The Balaban J connectivity index is 2.20. The molecule has 2 aromatic rings. The summed E-state index contributed by atoms with van der Waals surface area (Å²) in [5.41, 5.74) is 0.723. The van der Waals surface area contributed by atoms with Crippen molar-refractivity contribution in [3.8, 4) is 5.69 Å². The minimum absolute atomic E-state index is 0.131. The lowest BCUT2D eigenvalue weighted by atomic mass is 10.3. The zero-order valence-electron chi connectivity index (χ0n) is 11.2. The number of hydrogen-bond donors (Lipinski definition) is 1. The van der Waals surface area contributed by atoms with Gasteiger partial charge in [-0.3, -0.25) is 4.79 Å². The SMILES string of the molecule is CC(CO)N(C)C(=O)c1cnn(-c2ccc(F)cc2)n1. The molecule has 6 nitrogen and oxygen atoms in total. The van der Waals surface area contributed by atoms with Gasteiger partial charge in [0.05, 0.1) is 24.5 Å². The maximum Gasteiger partial charge on any atom is 0.276 e. The largest absolute Gasteiger partial charge is 0.394 e. The van der Waals surface area contributed by atoms with Crippen LogP contribution in [0.3, 0.4) is 0 Å². The fourth-order valence-electron chi connectivity index (χ4n) is 1.56. The maximum atomic E-state index is 12.8. The van der Waals surface area contributed by atoms with E-state index in [9.17, 15) is 9.18 Å². The van der Waals surface area contributed by atoms with Gasteiger partial charge in [0, 0.05) is 7.05 Å². The Morgan fingerprint density at radius 3 is 2.70 bits per heavy atom. The number of aliphatic hydroxyl groups is 1. The molecule has 0 aliphatic heterocycles. The van der Waals surface area contributed by atoms with Crippen molar-refractivity contribution in [2.24, 2.45) is 0 Å². The van der Waals surface area contributed by atoms with Crippen LogP contribution >= 0.6 is 0 Å². The lowest BCUT2D eigenvalue weighted by molar-refractivity contribution is 0.0676. The van der Waals surface area contributed by atoms with Crippen molar-refractivity contribution in [1.29, 1.82) is 0 Å². The first-order valence-corrected chi connectivity index (χ1v) is 6.09. The number of likely N-dealkylation sites (N-methyl/N-ethyl adjacent to an activating group) is 1. The minimum Gasteiger partial charge on any atom is -0.394 e. The van der Waals surface area contributed by atoms with Crippen LogP contribution in [-0.2, 0) is 0 Å². The molecule has 20 heavy (non-hydrogen) atoms. The second kappa shape index (κ2) is 5.79. The summed E-state index contributed by atoms with van der Waals surface area (Å²) in [5.74, 6) is -0.686. The third-order valence-electron chi connectivity index (χ3n) is 3.01. The molecule has 2 rings (SSSR count). The molecule has 1 amide bonds. The summed E-state index contributed by atoms with van der Waals surface area (Å²) in [6.07, 6.45) is 1.34. The Labute approximate surface area is 115 Å².